The Morgan fingerprint density at radius 3 is 2.42 bits per heavy atom. The van der Waals surface area contributed by atoms with Crippen LogP contribution in [-0.2, 0) is 20.8 Å². The molecule has 2 aromatic heterocycles. The zero-order valence-corrected chi connectivity index (χ0v) is 23.9. The number of anilines is 2. The number of nitrogens with one attached hydrogen (secondary N) is 1. The first-order valence-corrected chi connectivity index (χ1v) is 14.4. The van der Waals surface area contributed by atoms with Crippen LogP contribution in [0.5, 0.6) is 5.75 Å². The summed E-state index contributed by atoms with van der Waals surface area (Å²) < 4.78 is 22.5. The van der Waals surface area contributed by atoms with Gasteiger partial charge in [0.05, 0.1) is 69.4 Å². The number of pyridine rings is 1. The van der Waals surface area contributed by atoms with Crippen molar-refractivity contribution in [2.75, 3.05) is 63.0 Å². The Labute approximate surface area is 236 Å². The lowest BCUT2D eigenvalue weighted by Gasteiger charge is -2.37. The van der Waals surface area contributed by atoms with Crippen LogP contribution < -0.4 is 19.9 Å². The zero-order chi connectivity index (χ0) is 27.6. The molecule has 0 saturated carbocycles. The lowest BCUT2D eigenvalue weighted by Crippen LogP contribution is -2.46. The Bertz CT molecular complexity index is 1340. The first-order valence-electron chi connectivity index (χ1n) is 14.4. The predicted octanol–water partition coefficient (Wildman–Crippen LogP) is 3.42. The topological polar surface area (TPSA) is 97.4 Å². The lowest BCUT2D eigenvalue weighted by molar-refractivity contribution is 0.0973. The molecule has 5 heterocycles. The van der Waals surface area contributed by atoms with E-state index in [1.807, 2.05) is 6.07 Å². The van der Waals surface area contributed by atoms with E-state index in [0.29, 0.717) is 56.7 Å². The normalized spacial score (nSPS) is 23.9. The maximum Gasteiger partial charge on any atom is 0.229 e. The van der Waals surface area contributed by atoms with Crippen LogP contribution >= 0.6 is 0 Å². The van der Waals surface area contributed by atoms with E-state index in [1.54, 1.807) is 7.11 Å². The van der Waals surface area contributed by atoms with Gasteiger partial charge in [-0.25, -0.2) is 4.98 Å². The monoisotopic (exact) mass is 548 g/mol. The first-order chi connectivity index (χ1) is 19.5. The van der Waals surface area contributed by atoms with Crippen LogP contribution in [0.3, 0.4) is 0 Å². The molecular weight excluding hydrogens is 508 g/mol. The van der Waals surface area contributed by atoms with Crippen molar-refractivity contribution in [3.63, 3.8) is 0 Å². The summed E-state index contributed by atoms with van der Waals surface area (Å²) in [5, 5.41) is 4.57. The van der Waals surface area contributed by atoms with Gasteiger partial charge in [-0.1, -0.05) is 0 Å². The highest BCUT2D eigenvalue weighted by molar-refractivity contribution is 5.90. The van der Waals surface area contributed by atoms with Crippen molar-refractivity contribution in [2.45, 2.75) is 58.0 Å². The summed E-state index contributed by atoms with van der Waals surface area (Å²) in [6, 6.07) is 11.2. The van der Waals surface area contributed by atoms with Crippen LogP contribution in [0.25, 0.3) is 22.3 Å². The van der Waals surface area contributed by atoms with Crippen LogP contribution in [0.2, 0.25) is 0 Å². The number of hydrogen-bond acceptors (Lipinski definition) is 10. The number of ether oxygens (including phenoxy) is 4. The van der Waals surface area contributed by atoms with Crippen LogP contribution in [0.1, 0.15) is 32.8 Å². The number of nitrogens with zero attached hydrogens (tertiary/aromatic N) is 5. The minimum Gasteiger partial charge on any atom is -0.496 e. The standard InChI is InChI=1S/C30H40N6O4/c1-19(13-24-18-40-24)31-15-23-14-22(5-8-27(23)37-4)26-7-6-25-28(32-26)33-30(36-10-12-39-17-21(36)3)34-29(25)35-9-11-38-16-20(35)2/h5-8,14,19-21,24,31H,9-13,15-18H2,1-4H3/t19?,20-,21-,24?/m0/s1. The molecule has 3 aliphatic heterocycles. The molecule has 3 aromatic rings. The summed E-state index contributed by atoms with van der Waals surface area (Å²) >= 11 is 0. The molecule has 10 heteroatoms. The van der Waals surface area contributed by atoms with Crippen molar-refractivity contribution < 1.29 is 18.9 Å². The Hall–Kier alpha value is -3.05. The summed E-state index contributed by atoms with van der Waals surface area (Å²) in [5.41, 5.74) is 3.69. The van der Waals surface area contributed by atoms with E-state index >= 15 is 0 Å². The van der Waals surface area contributed by atoms with Gasteiger partial charge in [0, 0.05) is 36.8 Å². The summed E-state index contributed by atoms with van der Waals surface area (Å²) in [4.78, 5) is 19.8. The van der Waals surface area contributed by atoms with Gasteiger partial charge in [0.25, 0.3) is 0 Å². The van der Waals surface area contributed by atoms with E-state index in [-0.39, 0.29) is 12.1 Å². The molecule has 6 rings (SSSR count). The van der Waals surface area contributed by atoms with Gasteiger partial charge in [-0.15, -0.1) is 0 Å². The minimum atomic E-state index is 0.190. The second-order valence-electron chi connectivity index (χ2n) is 11.1. The molecule has 0 spiro atoms. The summed E-state index contributed by atoms with van der Waals surface area (Å²) in [6.07, 6.45) is 1.41. The van der Waals surface area contributed by atoms with Gasteiger partial charge >= 0.3 is 0 Å². The molecule has 0 amide bonds. The highest BCUT2D eigenvalue weighted by Crippen LogP contribution is 2.32. The van der Waals surface area contributed by atoms with E-state index in [0.717, 1.165) is 59.9 Å². The Morgan fingerprint density at radius 1 is 0.975 bits per heavy atom. The van der Waals surface area contributed by atoms with Gasteiger partial charge in [-0.05, 0) is 57.5 Å². The van der Waals surface area contributed by atoms with Crippen molar-refractivity contribution in [1.82, 2.24) is 20.3 Å². The number of morpholine rings is 2. The lowest BCUT2D eigenvalue weighted by atomic mass is 10.0. The minimum absolute atomic E-state index is 0.190. The molecule has 1 aromatic carbocycles. The maximum absolute atomic E-state index is 5.72. The fourth-order valence-electron chi connectivity index (χ4n) is 5.60. The SMILES string of the molecule is COc1ccc(-c2ccc3c(N4CCOC[C@@H]4C)nc(N4CCOC[C@@H]4C)nc3n2)cc1CNC(C)CC1CO1. The summed E-state index contributed by atoms with van der Waals surface area (Å²) in [5.74, 6) is 2.48. The quantitative estimate of drug-likeness (QED) is 0.401. The van der Waals surface area contributed by atoms with Gasteiger partial charge in [0.2, 0.25) is 5.95 Å². The van der Waals surface area contributed by atoms with Crippen molar-refractivity contribution in [1.29, 1.82) is 0 Å². The molecule has 4 atom stereocenters. The number of fused-ring (bicyclic) bond motifs is 1. The third-order valence-corrected chi connectivity index (χ3v) is 8.03. The largest absolute Gasteiger partial charge is 0.496 e. The van der Waals surface area contributed by atoms with Gasteiger partial charge < -0.3 is 34.1 Å². The fourth-order valence-corrected chi connectivity index (χ4v) is 5.60. The van der Waals surface area contributed by atoms with Crippen LogP contribution in [-0.4, -0.2) is 92.4 Å². The van der Waals surface area contributed by atoms with Crippen LogP contribution in [0.15, 0.2) is 30.3 Å². The Morgan fingerprint density at radius 2 is 1.73 bits per heavy atom. The molecule has 0 aliphatic carbocycles. The molecule has 214 valence electrons. The van der Waals surface area contributed by atoms with Crippen molar-refractivity contribution in [3.05, 3.63) is 35.9 Å². The number of benzene rings is 1. The maximum atomic E-state index is 5.72. The molecular formula is C30H40N6O4. The Balaban J connectivity index is 1.36. The number of methoxy groups -OCH3 is 1. The van der Waals surface area contributed by atoms with Crippen LogP contribution in [0, 0.1) is 0 Å². The highest BCUT2D eigenvalue weighted by atomic mass is 16.6. The van der Waals surface area contributed by atoms with Crippen molar-refractivity contribution >= 4 is 22.8 Å². The third kappa shape index (κ3) is 5.85. The predicted molar refractivity (Wildman–Crippen MR) is 155 cm³/mol. The molecule has 1 N–H and O–H groups in total. The number of rotatable bonds is 9. The summed E-state index contributed by atoms with van der Waals surface area (Å²) in [6.45, 7) is 12.3. The van der Waals surface area contributed by atoms with E-state index in [1.165, 1.54) is 0 Å². The molecule has 40 heavy (non-hydrogen) atoms. The number of aromatic nitrogens is 3. The third-order valence-electron chi connectivity index (χ3n) is 8.03. The van der Waals surface area contributed by atoms with E-state index in [4.69, 9.17) is 33.9 Å². The average molecular weight is 549 g/mol. The van der Waals surface area contributed by atoms with Gasteiger partial charge in [0.1, 0.15) is 11.6 Å². The Kier molecular flexibility index (Phi) is 8.02. The smallest absolute Gasteiger partial charge is 0.229 e. The average Bonchev–Trinajstić information content (AvgIpc) is 3.79. The molecule has 0 bridgehead atoms. The molecule has 0 radical (unpaired) electrons. The molecule has 3 aliphatic rings. The van der Waals surface area contributed by atoms with Crippen LogP contribution in [0.4, 0.5) is 11.8 Å². The number of epoxide rings is 1. The second-order valence-corrected chi connectivity index (χ2v) is 11.1. The second kappa shape index (κ2) is 11.8. The zero-order valence-electron chi connectivity index (χ0n) is 23.9. The summed E-state index contributed by atoms with van der Waals surface area (Å²) in [7, 11) is 1.72. The highest BCUT2D eigenvalue weighted by Gasteiger charge is 2.28. The van der Waals surface area contributed by atoms with Crippen molar-refractivity contribution in [2.24, 2.45) is 0 Å². The van der Waals surface area contributed by atoms with E-state index < -0.39 is 0 Å². The van der Waals surface area contributed by atoms with E-state index in [2.05, 4.69) is 60.2 Å². The molecule has 3 fully saturated rings. The van der Waals surface area contributed by atoms with E-state index in [9.17, 15) is 0 Å². The fraction of sp³-hybridized carbons (Fsp3) is 0.567. The molecule has 3 saturated heterocycles. The number of hydrogen-bond donors (Lipinski definition) is 1. The molecule has 10 nitrogen and oxygen atoms in total. The first kappa shape index (κ1) is 27.1. The molecule has 2 unspecified atom stereocenters. The van der Waals surface area contributed by atoms with Gasteiger partial charge in [0.15, 0.2) is 5.65 Å². The van der Waals surface area contributed by atoms with Gasteiger partial charge in [-0.2, -0.15) is 9.97 Å². The van der Waals surface area contributed by atoms with Gasteiger partial charge in [-0.3, -0.25) is 0 Å². The van der Waals surface area contributed by atoms with Crippen molar-refractivity contribution in [3.8, 4) is 17.0 Å².